The Morgan fingerprint density at radius 1 is 1.15 bits per heavy atom. The largest absolute Gasteiger partial charge is 0.462 e. The lowest BCUT2D eigenvalue weighted by molar-refractivity contribution is -0.120. The van der Waals surface area contributed by atoms with Crippen LogP contribution in [0.1, 0.15) is 30.1 Å². The first-order valence-corrected chi connectivity index (χ1v) is 9.53. The summed E-state index contributed by atoms with van der Waals surface area (Å²) in [5.41, 5.74) is 2.14. The van der Waals surface area contributed by atoms with E-state index in [-0.39, 0.29) is 17.8 Å². The maximum atomic E-state index is 12.6. The van der Waals surface area contributed by atoms with Crippen molar-refractivity contribution in [3.63, 3.8) is 0 Å². The fourth-order valence-corrected chi connectivity index (χ4v) is 3.44. The zero-order valence-electron chi connectivity index (χ0n) is 15.3. The van der Waals surface area contributed by atoms with E-state index in [0.717, 1.165) is 31.6 Å². The maximum Gasteiger partial charge on any atom is 0.338 e. The van der Waals surface area contributed by atoms with Crippen molar-refractivity contribution in [2.75, 3.05) is 29.9 Å². The lowest BCUT2D eigenvalue weighted by Crippen LogP contribution is -2.38. The van der Waals surface area contributed by atoms with E-state index in [1.54, 1.807) is 31.2 Å². The Morgan fingerprint density at radius 2 is 1.89 bits per heavy atom. The number of hydrogen-bond acceptors (Lipinski definition) is 4. The third-order valence-corrected chi connectivity index (χ3v) is 4.92. The summed E-state index contributed by atoms with van der Waals surface area (Å²) in [6.07, 6.45) is 1.55. The summed E-state index contributed by atoms with van der Waals surface area (Å²) >= 11 is 6.06. The second-order valence-electron chi connectivity index (χ2n) is 6.53. The molecule has 1 saturated heterocycles. The van der Waals surface area contributed by atoms with Gasteiger partial charge in [0.05, 0.1) is 12.2 Å². The molecule has 1 aliphatic rings. The number of rotatable bonds is 5. The molecule has 0 unspecified atom stereocenters. The fourth-order valence-electron chi connectivity index (χ4n) is 3.26. The first-order chi connectivity index (χ1) is 13.1. The minimum absolute atomic E-state index is 0.0123. The summed E-state index contributed by atoms with van der Waals surface area (Å²) in [4.78, 5) is 26.7. The molecule has 0 spiro atoms. The van der Waals surface area contributed by atoms with Crippen molar-refractivity contribution >= 4 is 34.9 Å². The molecule has 1 aliphatic heterocycles. The Bertz CT molecular complexity index is 817. The average molecular weight is 387 g/mol. The van der Waals surface area contributed by atoms with Crippen molar-refractivity contribution in [3.05, 3.63) is 59.1 Å². The number of nitrogens with one attached hydrogen (secondary N) is 1. The summed E-state index contributed by atoms with van der Waals surface area (Å²) in [5.74, 6) is -0.447. The second kappa shape index (κ2) is 8.91. The lowest BCUT2D eigenvalue weighted by atomic mass is 9.95. The number of nitrogens with zero attached hydrogens (tertiary/aromatic N) is 1. The van der Waals surface area contributed by atoms with Gasteiger partial charge < -0.3 is 15.0 Å². The highest BCUT2D eigenvalue weighted by molar-refractivity contribution is 6.30. The van der Waals surface area contributed by atoms with Crippen molar-refractivity contribution < 1.29 is 14.3 Å². The average Bonchev–Trinajstić information content (AvgIpc) is 2.68. The molecule has 3 rings (SSSR count). The molecule has 142 valence electrons. The summed E-state index contributed by atoms with van der Waals surface area (Å²) in [6.45, 7) is 3.70. The van der Waals surface area contributed by atoms with Crippen LogP contribution in [0.3, 0.4) is 0 Å². The molecule has 0 aliphatic carbocycles. The van der Waals surface area contributed by atoms with Crippen LogP contribution in [0.25, 0.3) is 0 Å². The van der Waals surface area contributed by atoms with Gasteiger partial charge in [0.15, 0.2) is 0 Å². The SMILES string of the molecule is CCOC(=O)c1cccc(NC(=O)C2CCN(c3cccc(Cl)c3)CC2)c1. The van der Waals surface area contributed by atoms with E-state index in [0.29, 0.717) is 22.9 Å². The normalized spacial score (nSPS) is 14.7. The highest BCUT2D eigenvalue weighted by Gasteiger charge is 2.25. The van der Waals surface area contributed by atoms with E-state index in [2.05, 4.69) is 10.2 Å². The van der Waals surface area contributed by atoms with Crippen LogP contribution in [0, 0.1) is 5.92 Å². The number of carbonyl (C=O) groups is 2. The van der Waals surface area contributed by atoms with Gasteiger partial charge in [-0.05, 0) is 56.2 Å². The molecule has 2 aromatic carbocycles. The van der Waals surface area contributed by atoms with Gasteiger partial charge >= 0.3 is 5.97 Å². The van der Waals surface area contributed by atoms with Gasteiger partial charge in [-0.1, -0.05) is 23.7 Å². The minimum atomic E-state index is -0.386. The molecule has 1 heterocycles. The maximum absolute atomic E-state index is 12.6. The van der Waals surface area contributed by atoms with Crippen molar-refractivity contribution in [1.82, 2.24) is 0 Å². The Labute approximate surface area is 164 Å². The summed E-state index contributed by atoms with van der Waals surface area (Å²) < 4.78 is 5.00. The molecule has 0 bridgehead atoms. The molecule has 0 atom stereocenters. The first kappa shape index (κ1) is 19.2. The van der Waals surface area contributed by atoms with Crippen molar-refractivity contribution in [1.29, 1.82) is 0 Å². The fraction of sp³-hybridized carbons (Fsp3) is 0.333. The first-order valence-electron chi connectivity index (χ1n) is 9.15. The number of hydrogen-bond donors (Lipinski definition) is 1. The van der Waals surface area contributed by atoms with Gasteiger partial charge in [-0.25, -0.2) is 4.79 Å². The van der Waals surface area contributed by atoms with E-state index in [1.807, 2.05) is 24.3 Å². The Balaban J connectivity index is 1.57. The van der Waals surface area contributed by atoms with Crippen LogP contribution in [0.2, 0.25) is 5.02 Å². The summed E-state index contributed by atoms with van der Waals surface area (Å²) in [6, 6.07) is 14.6. The lowest BCUT2D eigenvalue weighted by Gasteiger charge is -2.33. The number of piperidine rings is 1. The quantitative estimate of drug-likeness (QED) is 0.775. The van der Waals surface area contributed by atoms with Crippen molar-refractivity contribution in [2.45, 2.75) is 19.8 Å². The molecule has 0 aromatic heterocycles. The van der Waals surface area contributed by atoms with Gasteiger partial charge in [0.25, 0.3) is 0 Å². The van der Waals surface area contributed by atoms with Crippen LogP contribution in [-0.4, -0.2) is 31.6 Å². The third-order valence-electron chi connectivity index (χ3n) is 4.68. The van der Waals surface area contributed by atoms with Crippen LogP contribution in [0.4, 0.5) is 11.4 Å². The minimum Gasteiger partial charge on any atom is -0.462 e. The van der Waals surface area contributed by atoms with Gasteiger partial charge in [0, 0.05) is 35.4 Å². The molecule has 0 saturated carbocycles. The van der Waals surface area contributed by atoms with Crippen LogP contribution in [0.15, 0.2) is 48.5 Å². The Morgan fingerprint density at radius 3 is 2.59 bits per heavy atom. The van der Waals surface area contributed by atoms with Gasteiger partial charge in [-0.2, -0.15) is 0 Å². The predicted molar refractivity (Wildman–Crippen MR) is 107 cm³/mol. The number of amides is 1. The Hall–Kier alpha value is -2.53. The summed E-state index contributed by atoms with van der Waals surface area (Å²) in [7, 11) is 0. The molecule has 1 amide bonds. The zero-order chi connectivity index (χ0) is 19.2. The van der Waals surface area contributed by atoms with Gasteiger partial charge in [-0.15, -0.1) is 0 Å². The van der Waals surface area contributed by atoms with Gasteiger partial charge in [0.2, 0.25) is 5.91 Å². The number of carbonyl (C=O) groups excluding carboxylic acids is 2. The van der Waals surface area contributed by atoms with Gasteiger partial charge in [-0.3, -0.25) is 4.79 Å². The molecule has 1 N–H and O–H groups in total. The molecule has 27 heavy (non-hydrogen) atoms. The van der Waals surface area contributed by atoms with Crippen LogP contribution >= 0.6 is 11.6 Å². The monoisotopic (exact) mass is 386 g/mol. The third kappa shape index (κ3) is 5.01. The van der Waals surface area contributed by atoms with Crippen molar-refractivity contribution in [2.24, 2.45) is 5.92 Å². The molecule has 6 heteroatoms. The predicted octanol–water partition coefficient (Wildman–Crippen LogP) is 4.37. The molecular weight excluding hydrogens is 364 g/mol. The van der Waals surface area contributed by atoms with E-state index in [1.165, 1.54) is 0 Å². The summed E-state index contributed by atoms with van der Waals surface area (Å²) in [5, 5.41) is 3.64. The Kier molecular flexibility index (Phi) is 6.35. The topological polar surface area (TPSA) is 58.6 Å². The molecular formula is C21H23ClN2O3. The molecule has 1 fully saturated rings. The van der Waals surface area contributed by atoms with Crippen molar-refractivity contribution in [3.8, 4) is 0 Å². The van der Waals surface area contributed by atoms with E-state index in [4.69, 9.17) is 16.3 Å². The standard InChI is InChI=1S/C21H23ClN2O3/c1-2-27-21(26)16-5-3-7-18(13-16)23-20(25)15-9-11-24(12-10-15)19-8-4-6-17(22)14-19/h3-8,13-15H,2,9-12H2,1H3,(H,23,25). The van der Waals surface area contributed by atoms with E-state index < -0.39 is 0 Å². The molecule has 5 nitrogen and oxygen atoms in total. The van der Waals surface area contributed by atoms with Crippen LogP contribution in [-0.2, 0) is 9.53 Å². The highest BCUT2D eigenvalue weighted by atomic mass is 35.5. The number of benzene rings is 2. The smallest absolute Gasteiger partial charge is 0.338 e. The van der Waals surface area contributed by atoms with E-state index in [9.17, 15) is 9.59 Å². The number of esters is 1. The number of halogens is 1. The molecule has 2 aromatic rings. The molecule has 0 radical (unpaired) electrons. The van der Waals surface area contributed by atoms with Crippen LogP contribution in [0.5, 0.6) is 0 Å². The number of anilines is 2. The second-order valence-corrected chi connectivity index (χ2v) is 6.97. The zero-order valence-corrected chi connectivity index (χ0v) is 16.0. The van der Waals surface area contributed by atoms with Crippen LogP contribution < -0.4 is 10.2 Å². The highest BCUT2D eigenvalue weighted by Crippen LogP contribution is 2.26. The van der Waals surface area contributed by atoms with Gasteiger partial charge in [0.1, 0.15) is 0 Å². The number of ether oxygens (including phenoxy) is 1. The van der Waals surface area contributed by atoms with E-state index >= 15 is 0 Å².